The highest BCUT2D eigenvalue weighted by Gasteiger charge is 2.26. The minimum absolute atomic E-state index is 0.0265. The van der Waals surface area contributed by atoms with Gasteiger partial charge in [0, 0.05) is 38.5 Å². The SMILES string of the molecule is C\C1=C/C=C/C=C/C=C/c2cccc(O)c2C(=O)O[C@@H](C[C@@H](C)O)C[C@@H](O)C/C=C/[C@@H](O)C[C@@H](O)CC(C)/C=C/C=C/C=C/C=C/c2cccc(O)c2C(=O)O[C@@H](C[C@@H](C)O)C[C@@H](O)C/C=C/[C@@H](O)C[C@@H](O)C1. The van der Waals surface area contributed by atoms with Crippen LogP contribution in [0.1, 0.15) is 124 Å². The third-order valence-electron chi connectivity index (χ3n) is 11.5. The van der Waals surface area contributed by atoms with Gasteiger partial charge in [0.1, 0.15) is 34.8 Å². The number of ether oxygens (including phenoxy) is 2. The second kappa shape index (κ2) is 33.7. The van der Waals surface area contributed by atoms with Gasteiger partial charge in [0.15, 0.2) is 0 Å². The van der Waals surface area contributed by atoms with Crippen molar-refractivity contribution in [1.29, 1.82) is 0 Å². The van der Waals surface area contributed by atoms with Gasteiger partial charge in [-0.25, -0.2) is 9.59 Å². The molecule has 0 aliphatic carbocycles. The zero-order valence-corrected chi connectivity index (χ0v) is 42.5. The van der Waals surface area contributed by atoms with Gasteiger partial charge in [-0.1, -0.05) is 152 Å². The van der Waals surface area contributed by atoms with Gasteiger partial charge in [-0.3, -0.25) is 0 Å². The van der Waals surface area contributed by atoms with Crippen molar-refractivity contribution in [2.45, 2.75) is 153 Å². The Kier molecular flexibility index (Phi) is 28.3. The van der Waals surface area contributed by atoms with Crippen LogP contribution in [0.15, 0.2) is 145 Å². The largest absolute Gasteiger partial charge is 0.507 e. The molecule has 3 rings (SSSR count). The monoisotopic (exact) mass is 1010 g/mol. The van der Waals surface area contributed by atoms with Crippen LogP contribution in [0.4, 0.5) is 0 Å². The number of aliphatic hydroxyl groups excluding tert-OH is 8. The van der Waals surface area contributed by atoms with E-state index in [1.807, 2.05) is 32.1 Å². The van der Waals surface area contributed by atoms with Crippen LogP contribution in [0.3, 0.4) is 0 Å². The highest BCUT2D eigenvalue weighted by atomic mass is 16.6. The van der Waals surface area contributed by atoms with Crippen molar-refractivity contribution in [2.75, 3.05) is 0 Å². The van der Waals surface area contributed by atoms with Gasteiger partial charge in [0.2, 0.25) is 0 Å². The number of aliphatic hydroxyl groups is 8. The summed E-state index contributed by atoms with van der Waals surface area (Å²) in [5.74, 6) is -2.30. The summed E-state index contributed by atoms with van der Waals surface area (Å²) in [6.45, 7) is 6.84. The number of hydrogen-bond acceptors (Lipinski definition) is 14. The zero-order chi connectivity index (χ0) is 53.7. The average Bonchev–Trinajstić information content (AvgIpc) is 3.28. The number of carbonyl (C=O) groups excluding carboxylic acids is 2. The minimum Gasteiger partial charge on any atom is -0.507 e. The molecule has 0 aromatic heterocycles. The lowest BCUT2D eigenvalue weighted by Gasteiger charge is -2.22. The number of esters is 2. The van der Waals surface area contributed by atoms with E-state index in [0.717, 1.165) is 5.57 Å². The molecule has 1 heterocycles. The molecule has 14 nitrogen and oxygen atoms in total. The third kappa shape index (κ3) is 25.5. The predicted molar refractivity (Wildman–Crippen MR) is 285 cm³/mol. The van der Waals surface area contributed by atoms with Crippen molar-refractivity contribution in [2.24, 2.45) is 5.92 Å². The van der Waals surface area contributed by atoms with Crippen molar-refractivity contribution in [3.8, 4) is 11.5 Å². The number of carbonyl (C=O) groups is 2. The lowest BCUT2D eigenvalue weighted by Crippen LogP contribution is -2.27. The van der Waals surface area contributed by atoms with Crippen LogP contribution in [0, 0.1) is 5.92 Å². The first-order valence-electron chi connectivity index (χ1n) is 25.0. The van der Waals surface area contributed by atoms with Crippen LogP contribution < -0.4 is 0 Å². The Morgan fingerprint density at radius 2 is 0.959 bits per heavy atom. The molecule has 1 aliphatic heterocycles. The van der Waals surface area contributed by atoms with Crippen molar-refractivity contribution in [3.63, 3.8) is 0 Å². The second-order valence-electron chi connectivity index (χ2n) is 18.8. The highest BCUT2D eigenvalue weighted by molar-refractivity contribution is 5.97. The Labute approximate surface area is 430 Å². The Morgan fingerprint density at radius 3 is 1.42 bits per heavy atom. The molecule has 0 spiro atoms. The molecular formula is C59H78O14. The molecular weight excluding hydrogens is 933 g/mol. The molecule has 73 heavy (non-hydrogen) atoms. The first-order chi connectivity index (χ1) is 34.8. The summed E-state index contributed by atoms with van der Waals surface area (Å²) in [7, 11) is 0. The van der Waals surface area contributed by atoms with Gasteiger partial charge in [-0.2, -0.15) is 0 Å². The molecule has 0 fully saturated rings. The summed E-state index contributed by atoms with van der Waals surface area (Å²) in [5, 5.41) is 106. The van der Waals surface area contributed by atoms with E-state index >= 15 is 0 Å². The fraction of sp³-hybridized carbons (Fsp3) is 0.424. The maximum absolute atomic E-state index is 13.5. The number of phenolic OH excluding ortho intramolecular Hbond substituents is 2. The van der Waals surface area contributed by atoms with Crippen molar-refractivity contribution < 1.29 is 70.1 Å². The summed E-state index contributed by atoms with van der Waals surface area (Å²) in [5.41, 5.74) is 1.44. The number of hydrogen-bond donors (Lipinski definition) is 10. The first-order valence-corrected chi connectivity index (χ1v) is 25.0. The van der Waals surface area contributed by atoms with E-state index in [0.29, 0.717) is 17.5 Å². The molecule has 0 amide bonds. The van der Waals surface area contributed by atoms with E-state index in [1.54, 1.807) is 109 Å². The zero-order valence-electron chi connectivity index (χ0n) is 42.5. The number of fused-ring (bicyclic) bond motifs is 2. The van der Waals surface area contributed by atoms with E-state index in [2.05, 4.69) is 0 Å². The van der Waals surface area contributed by atoms with Gasteiger partial charge < -0.3 is 60.5 Å². The highest BCUT2D eigenvalue weighted by Crippen LogP contribution is 2.27. The molecule has 0 bridgehead atoms. The summed E-state index contributed by atoms with van der Waals surface area (Å²) < 4.78 is 11.5. The molecule has 11 atom stereocenters. The second-order valence-corrected chi connectivity index (χ2v) is 18.8. The number of rotatable bonds is 4. The number of benzene rings is 2. The summed E-state index contributed by atoms with van der Waals surface area (Å²) in [4.78, 5) is 26.9. The van der Waals surface area contributed by atoms with Crippen molar-refractivity contribution in [3.05, 3.63) is 168 Å². The van der Waals surface area contributed by atoms with Crippen LogP contribution in [0.5, 0.6) is 11.5 Å². The molecule has 1 unspecified atom stereocenters. The molecule has 2 aromatic rings. The Balaban J connectivity index is 1.81. The lowest BCUT2D eigenvalue weighted by molar-refractivity contribution is -0.00168. The fourth-order valence-electron chi connectivity index (χ4n) is 8.07. The number of allylic oxidation sites excluding steroid dienone is 13. The van der Waals surface area contributed by atoms with Crippen LogP contribution in [-0.2, 0) is 9.47 Å². The van der Waals surface area contributed by atoms with Crippen LogP contribution in [-0.4, -0.2) is 124 Å². The van der Waals surface area contributed by atoms with Crippen molar-refractivity contribution >= 4 is 24.1 Å². The standard InChI is InChI=1S/C59H78O14/c1-40-20-12-8-5-6-10-14-22-44-24-16-30-54(68)56(44)58(70)72-52(34-42(3)60)38-48(64)29-19-27-47(63)37-51(67)33-41(2)21-13-9-7-11-15-23-45-25-17-31-55(69)57(45)59(71)73-53(35-43(4)61)39-49(65)28-18-26-46(62)36-50(66)32-40/h5-27,30-31,40,42-43,46-53,60-69H,28-29,32-39H2,1-4H3/b8-5+,10-6+,11-7+,13-9+,20-12+,22-14+,23-15+,26-18+,27-19+,41-21+/t40?,42-,43-,46-,47-,48+,49+,50+,51+,52+,53+/m1/s1. The van der Waals surface area contributed by atoms with E-state index in [9.17, 15) is 60.7 Å². The van der Waals surface area contributed by atoms with Crippen LogP contribution >= 0.6 is 0 Å². The molecule has 14 heteroatoms. The minimum atomic E-state index is -1.01. The number of cyclic esters (lactones) is 2. The molecule has 1 aliphatic rings. The van der Waals surface area contributed by atoms with E-state index in [1.165, 1.54) is 38.1 Å². The topological polar surface area (TPSA) is 255 Å². The number of aromatic hydroxyl groups is 2. The van der Waals surface area contributed by atoms with Crippen LogP contribution in [0.2, 0.25) is 0 Å². The maximum atomic E-state index is 13.5. The normalized spacial score (nSPS) is 31.2. The molecule has 10 N–H and O–H groups in total. The predicted octanol–water partition coefficient (Wildman–Crippen LogP) is 8.19. The summed E-state index contributed by atoms with van der Waals surface area (Å²) in [6, 6.07) is 9.17. The van der Waals surface area contributed by atoms with Gasteiger partial charge in [0.05, 0.1) is 48.8 Å². The average molecular weight is 1010 g/mol. The lowest BCUT2D eigenvalue weighted by atomic mass is 9.98. The van der Waals surface area contributed by atoms with E-state index in [-0.39, 0.29) is 86.3 Å². The fourth-order valence-corrected chi connectivity index (χ4v) is 8.07. The van der Waals surface area contributed by atoms with Gasteiger partial charge in [-0.05, 0) is 75.6 Å². The summed E-state index contributed by atoms with van der Waals surface area (Å²) in [6.07, 6.45) is 24.1. The number of phenols is 2. The van der Waals surface area contributed by atoms with Gasteiger partial charge in [0.25, 0.3) is 0 Å². The smallest absolute Gasteiger partial charge is 0.342 e. The van der Waals surface area contributed by atoms with Gasteiger partial charge in [-0.15, -0.1) is 0 Å². The van der Waals surface area contributed by atoms with E-state index in [4.69, 9.17) is 9.47 Å². The molecule has 2 aromatic carbocycles. The molecule has 0 saturated carbocycles. The van der Waals surface area contributed by atoms with E-state index < -0.39 is 73.0 Å². The summed E-state index contributed by atoms with van der Waals surface area (Å²) >= 11 is 0. The molecule has 0 radical (unpaired) electrons. The van der Waals surface area contributed by atoms with Crippen molar-refractivity contribution in [1.82, 2.24) is 0 Å². The first kappa shape index (κ1) is 61.4. The Bertz CT molecular complexity index is 2300. The maximum Gasteiger partial charge on any atom is 0.342 e. The van der Waals surface area contributed by atoms with Gasteiger partial charge >= 0.3 is 11.9 Å². The Morgan fingerprint density at radius 1 is 0.534 bits per heavy atom. The van der Waals surface area contributed by atoms with Crippen LogP contribution in [0.25, 0.3) is 12.2 Å². The molecule has 398 valence electrons. The quantitative estimate of drug-likeness (QED) is 0.102. The third-order valence-corrected chi connectivity index (χ3v) is 11.5. The Hall–Kier alpha value is -5.94. The molecule has 0 saturated heterocycles.